The lowest BCUT2D eigenvalue weighted by molar-refractivity contribution is -0.174. The minimum Gasteiger partial charge on any atom is -0.382 e. The number of likely N-dealkylation sites (tertiary alicyclic amines) is 1. The molecule has 2 amide bonds. The smallest absolute Gasteiger partial charge is 0.382 e. The number of hydrogen-bond acceptors (Lipinski definition) is 3. The molecule has 3 aromatic carbocycles. The van der Waals surface area contributed by atoms with E-state index < -0.39 is 41.8 Å². The second-order valence-electron chi connectivity index (χ2n) is 12.5. The summed E-state index contributed by atoms with van der Waals surface area (Å²) < 4.78 is 55.7. The summed E-state index contributed by atoms with van der Waals surface area (Å²) in [6.45, 7) is 4.05. The molecule has 3 aromatic rings. The molecule has 1 saturated carbocycles. The number of amides is 2. The van der Waals surface area contributed by atoms with Gasteiger partial charge in [0, 0.05) is 24.0 Å². The second-order valence-corrected chi connectivity index (χ2v) is 12.5. The fourth-order valence-electron chi connectivity index (χ4n) is 7.28. The summed E-state index contributed by atoms with van der Waals surface area (Å²) in [6.07, 6.45) is 0.840. The summed E-state index contributed by atoms with van der Waals surface area (Å²) in [5.74, 6) is -3.40. The van der Waals surface area contributed by atoms with Crippen LogP contribution in [0.15, 0.2) is 66.7 Å². The predicted molar refractivity (Wildman–Crippen MR) is 167 cm³/mol. The van der Waals surface area contributed by atoms with Crippen LogP contribution in [0.2, 0.25) is 0 Å². The van der Waals surface area contributed by atoms with Crippen molar-refractivity contribution in [3.8, 4) is 0 Å². The fourth-order valence-corrected chi connectivity index (χ4v) is 7.28. The number of carbonyl (C=O) groups is 2. The largest absolute Gasteiger partial charge is 0.393 e. The Hall–Kier alpha value is -4.14. The van der Waals surface area contributed by atoms with Crippen LogP contribution in [0.25, 0.3) is 5.57 Å². The molecule has 2 aliphatic carbocycles. The van der Waals surface area contributed by atoms with Crippen LogP contribution in [0.3, 0.4) is 0 Å². The third-order valence-electron chi connectivity index (χ3n) is 9.64. The van der Waals surface area contributed by atoms with Gasteiger partial charge >= 0.3 is 6.18 Å². The first-order chi connectivity index (χ1) is 21.5. The van der Waals surface area contributed by atoms with Crippen molar-refractivity contribution in [2.75, 3.05) is 17.2 Å². The molecule has 0 spiro atoms. The molecule has 0 aromatic heterocycles. The fraction of sp³-hybridized carbons (Fsp3) is 0.389. The molecular weight excluding hydrogens is 582 g/mol. The Morgan fingerprint density at radius 1 is 0.911 bits per heavy atom. The number of alkyl halides is 3. The number of allylic oxidation sites excluding steroid dienone is 2. The Morgan fingerprint density at radius 2 is 1.67 bits per heavy atom. The first kappa shape index (κ1) is 30.9. The van der Waals surface area contributed by atoms with E-state index in [-0.39, 0.29) is 17.9 Å². The highest BCUT2D eigenvalue weighted by atomic mass is 19.4. The van der Waals surface area contributed by atoms with Crippen molar-refractivity contribution < 1.29 is 27.2 Å². The predicted octanol–water partition coefficient (Wildman–Crippen LogP) is 8.47. The molecule has 1 aliphatic heterocycles. The SMILES string of the molecule is CC1=CCc2ccc(NC(=O)[C@H]3CCCN(C(=O)c4c(C)cccc4F)[C@H]3c3ccc(NC4CCC[C@@H]4C(F)(F)F)cc3)cc21. The Morgan fingerprint density at radius 3 is 2.40 bits per heavy atom. The van der Waals surface area contributed by atoms with Gasteiger partial charge in [0.2, 0.25) is 5.91 Å². The molecule has 6 rings (SSSR count). The number of aryl methyl sites for hydroxylation is 1. The minimum absolute atomic E-state index is 0.0258. The number of hydrogen-bond donors (Lipinski definition) is 2. The van der Waals surface area contributed by atoms with Crippen LogP contribution in [-0.2, 0) is 11.2 Å². The lowest BCUT2D eigenvalue weighted by atomic mass is 9.83. The van der Waals surface area contributed by atoms with Crippen LogP contribution < -0.4 is 10.6 Å². The summed E-state index contributed by atoms with van der Waals surface area (Å²) in [4.78, 5) is 29.5. The van der Waals surface area contributed by atoms with E-state index in [1.54, 1.807) is 48.2 Å². The quantitative estimate of drug-likeness (QED) is 0.272. The van der Waals surface area contributed by atoms with Gasteiger partial charge in [-0.3, -0.25) is 9.59 Å². The Labute approximate surface area is 260 Å². The van der Waals surface area contributed by atoms with E-state index in [1.807, 2.05) is 25.1 Å². The molecule has 2 fully saturated rings. The van der Waals surface area contributed by atoms with Crippen LogP contribution in [0.4, 0.5) is 28.9 Å². The number of rotatable bonds is 6. The average Bonchev–Trinajstić information content (AvgIpc) is 3.63. The Kier molecular flexibility index (Phi) is 8.46. The van der Waals surface area contributed by atoms with Crippen molar-refractivity contribution in [3.63, 3.8) is 0 Å². The minimum atomic E-state index is -4.27. The maximum atomic E-state index is 15.0. The standard InChI is InChI=1S/C36H37F4N3O2/c1-21-11-12-23-13-18-26(20-28(21)23)42-34(44)27-7-5-19-43(35(45)32-22(2)6-3-9-30(32)37)33(27)24-14-16-25(17-15-24)41-31-10-4-8-29(31)36(38,39)40/h3,6,9,11,13-18,20,27,29,31,33,41H,4-5,7-8,10,12,19H2,1-2H3,(H,42,44)/t27-,29-,31?,33-/m0/s1. The molecule has 4 atom stereocenters. The zero-order chi connectivity index (χ0) is 31.9. The number of nitrogens with one attached hydrogen (secondary N) is 2. The van der Waals surface area contributed by atoms with Gasteiger partial charge in [-0.1, -0.05) is 42.8 Å². The summed E-state index contributed by atoms with van der Waals surface area (Å²) in [5, 5.41) is 6.12. The van der Waals surface area contributed by atoms with Crippen molar-refractivity contribution in [3.05, 3.63) is 100 Å². The number of fused-ring (bicyclic) bond motifs is 1. The van der Waals surface area contributed by atoms with E-state index in [4.69, 9.17) is 0 Å². The van der Waals surface area contributed by atoms with E-state index in [2.05, 4.69) is 16.7 Å². The molecule has 1 saturated heterocycles. The zero-order valence-electron chi connectivity index (χ0n) is 25.4. The van der Waals surface area contributed by atoms with Gasteiger partial charge in [-0.2, -0.15) is 13.2 Å². The number of anilines is 2. The van der Waals surface area contributed by atoms with Crippen LogP contribution in [0.1, 0.15) is 77.7 Å². The van der Waals surface area contributed by atoms with E-state index in [0.29, 0.717) is 54.7 Å². The molecule has 5 nitrogen and oxygen atoms in total. The van der Waals surface area contributed by atoms with Gasteiger partial charge in [-0.25, -0.2) is 4.39 Å². The molecule has 0 bridgehead atoms. The van der Waals surface area contributed by atoms with E-state index in [1.165, 1.54) is 11.6 Å². The maximum Gasteiger partial charge on any atom is 0.393 e. The van der Waals surface area contributed by atoms with Gasteiger partial charge in [0.15, 0.2) is 0 Å². The highest BCUT2D eigenvalue weighted by Gasteiger charge is 2.47. The van der Waals surface area contributed by atoms with Crippen molar-refractivity contribution in [2.24, 2.45) is 11.8 Å². The summed E-state index contributed by atoms with van der Waals surface area (Å²) in [5.41, 5.74) is 5.79. The van der Waals surface area contributed by atoms with Crippen molar-refractivity contribution in [2.45, 2.75) is 70.6 Å². The highest BCUT2D eigenvalue weighted by molar-refractivity contribution is 5.98. The Bertz CT molecular complexity index is 1610. The summed E-state index contributed by atoms with van der Waals surface area (Å²) in [7, 11) is 0. The van der Waals surface area contributed by atoms with E-state index >= 15 is 4.39 Å². The molecule has 9 heteroatoms. The van der Waals surface area contributed by atoms with E-state index in [0.717, 1.165) is 17.6 Å². The van der Waals surface area contributed by atoms with Crippen LogP contribution >= 0.6 is 0 Å². The second kappa shape index (κ2) is 12.3. The number of piperidine rings is 1. The lowest BCUT2D eigenvalue weighted by Gasteiger charge is -2.41. The molecule has 1 unspecified atom stereocenters. The zero-order valence-corrected chi connectivity index (χ0v) is 25.4. The number of carbonyl (C=O) groups excluding carboxylic acids is 2. The highest BCUT2D eigenvalue weighted by Crippen LogP contribution is 2.42. The third kappa shape index (κ3) is 6.22. The molecular formula is C36H37F4N3O2. The van der Waals surface area contributed by atoms with Gasteiger partial charge in [0.25, 0.3) is 5.91 Å². The van der Waals surface area contributed by atoms with Gasteiger partial charge in [0.05, 0.1) is 23.4 Å². The lowest BCUT2D eigenvalue weighted by Crippen LogP contribution is -2.46. The normalized spacial score (nSPS) is 23.0. The number of nitrogens with zero attached hydrogens (tertiary/aromatic N) is 1. The molecule has 236 valence electrons. The van der Waals surface area contributed by atoms with Gasteiger partial charge in [0.1, 0.15) is 5.82 Å². The van der Waals surface area contributed by atoms with Crippen molar-refractivity contribution in [1.29, 1.82) is 0 Å². The monoisotopic (exact) mass is 619 g/mol. The van der Waals surface area contributed by atoms with Gasteiger partial charge in [-0.15, -0.1) is 0 Å². The average molecular weight is 620 g/mol. The first-order valence-corrected chi connectivity index (χ1v) is 15.6. The van der Waals surface area contributed by atoms with Gasteiger partial charge in [-0.05, 0) is 104 Å². The van der Waals surface area contributed by atoms with Crippen molar-refractivity contribution >= 4 is 28.8 Å². The molecule has 45 heavy (non-hydrogen) atoms. The third-order valence-corrected chi connectivity index (χ3v) is 9.64. The topological polar surface area (TPSA) is 61.4 Å². The molecule has 1 heterocycles. The first-order valence-electron chi connectivity index (χ1n) is 15.6. The number of halogens is 4. The number of benzene rings is 3. The van der Waals surface area contributed by atoms with Crippen LogP contribution in [-0.4, -0.2) is 35.5 Å². The van der Waals surface area contributed by atoms with Crippen LogP contribution in [0.5, 0.6) is 0 Å². The molecule has 2 N–H and O–H groups in total. The van der Waals surface area contributed by atoms with Gasteiger partial charge < -0.3 is 15.5 Å². The summed E-state index contributed by atoms with van der Waals surface area (Å²) in [6, 6.07) is 15.9. The van der Waals surface area contributed by atoms with Crippen molar-refractivity contribution in [1.82, 2.24) is 4.90 Å². The summed E-state index contributed by atoms with van der Waals surface area (Å²) >= 11 is 0. The van der Waals surface area contributed by atoms with Crippen LogP contribution in [0, 0.1) is 24.6 Å². The maximum absolute atomic E-state index is 15.0. The molecule has 0 radical (unpaired) electrons. The van der Waals surface area contributed by atoms with E-state index in [9.17, 15) is 22.8 Å². The Balaban J connectivity index is 1.31. The molecule has 3 aliphatic rings.